The highest BCUT2D eigenvalue weighted by Crippen LogP contribution is 2.39. The lowest BCUT2D eigenvalue weighted by Crippen LogP contribution is -2.31. The Kier molecular flexibility index (Phi) is 5.38. The number of para-hydroxylation sites is 1. The predicted molar refractivity (Wildman–Crippen MR) is 117 cm³/mol. The van der Waals surface area contributed by atoms with Crippen LogP contribution in [0.3, 0.4) is 0 Å². The van der Waals surface area contributed by atoms with Crippen LogP contribution in [0.1, 0.15) is 13.3 Å². The van der Waals surface area contributed by atoms with Crippen LogP contribution in [0.4, 0.5) is 5.69 Å². The minimum atomic E-state index is -0.444. The fourth-order valence-corrected chi connectivity index (χ4v) is 5.89. The van der Waals surface area contributed by atoms with Gasteiger partial charge in [0.05, 0.1) is 22.5 Å². The molecule has 8 heteroatoms. The molecule has 0 N–H and O–H groups in total. The number of ether oxygens (including phenoxy) is 1. The number of benzene rings is 2. The van der Waals surface area contributed by atoms with E-state index in [1.807, 2.05) is 43.3 Å². The summed E-state index contributed by atoms with van der Waals surface area (Å²) >= 11 is 5.03. The molecule has 3 aromatic rings. The second kappa shape index (κ2) is 7.76. The first-order valence-electron chi connectivity index (χ1n) is 8.38. The van der Waals surface area contributed by atoms with Crippen LogP contribution in [0.25, 0.3) is 10.2 Å². The van der Waals surface area contributed by atoms with Gasteiger partial charge in [-0.05, 0) is 59.8 Å². The standard InChI is InChI=1S/C19H15IN2O3S2/c1-2-25-11-7-8-13-15(9-11)26-19(21-13)27-16-10-17(23)22(18(16)24)14-6-4-3-5-12(14)20/h3-9,16H,2,10H2,1H3. The van der Waals surface area contributed by atoms with Crippen LogP contribution in [0.15, 0.2) is 46.8 Å². The van der Waals surface area contributed by atoms with Gasteiger partial charge < -0.3 is 4.74 Å². The number of imide groups is 1. The SMILES string of the molecule is CCOc1ccc2nc(SC3CC(=O)N(c4ccccc4I)C3=O)sc2c1. The van der Waals surface area contributed by atoms with Gasteiger partial charge in [-0.25, -0.2) is 9.88 Å². The van der Waals surface area contributed by atoms with Crippen molar-refractivity contribution in [3.63, 3.8) is 0 Å². The monoisotopic (exact) mass is 510 g/mol. The Bertz CT molecular complexity index is 1040. The summed E-state index contributed by atoms with van der Waals surface area (Å²) in [5.41, 5.74) is 1.53. The highest BCUT2D eigenvalue weighted by molar-refractivity contribution is 14.1. The highest BCUT2D eigenvalue weighted by Gasteiger charge is 2.41. The number of carbonyl (C=O) groups excluding carboxylic acids is 2. The third kappa shape index (κ3) is 3.70. The number of fused-ring (bicyclic) bond motifs is 1. The first-order valence-corrected chi connectivity index (χ1v) is 11.2. The van der Waals surface area contributed by atoms with Gasteiger partial charge in [-0.15, -0.1) is 11.3 Å². The molecule has 0 aliphatic carbocycles. The third-order valence-corrected chi connectivity index (χ3v) is 7.30. The molecular formula is C19H15IN2O3S2. The molecule has 0 spiro atoms. The molecule has 0 saturated carbocycles. The molecule has 1 aliphatic rings. The second-order valence-corrected chi connectivity index (χ2v) is 9.51. The average molecular weight is 510 g/mol. The summed E-state index contributed by atoms with van der Waals surface area (Å²) in [4.78, 5) is 31.2. The van der Waals surface area contributed by atoms with Gasteiger partial charge in [-0.1, -0.05) is 23.9 Å². The van der Waals surface area contributed by atoms with Crippen molar-refractivity contribution in [3.05, 3.63) is 46.0 Å². The number of rotatable bonds is 5. The van der Waals surface area contributed by atoms with E-state index in [-0.39, 0.29) is 18.2 Å². The van der Waals surface area contributed by atoms with E-state index < -0.39 is 5.25 Å². The first-order chi connectivity index (χ1) is 13.1. The van der Waals surface area contributed by atoms with Gasteiger partial charge in [0, 0.05) is 9.99 Å². The van der Waals surface area contributed by atoms with Crippen LogP contribution >= 0.6 is 45.7 Å². The summed E-state index contributed by atoms with van der Waals surface area (Å²) in [5.74, 6) is 0.465. The molecule has 0 radical (unpaired) electrons. The van der Waals surface area contributed by atoms with Crippen LogP contribution in [0.2, 0.25) is 0 Å². The maximum atomic E-state index is 12.9. The van der Waals surface area contributed by atoms with Crippen molar-refractivity contribution in [2.45, 2.75) is 22.9 Å². The van der Waals surface area contributed by atoms with E-state index in [2.05, 4.69) is 27.6 Å². The van der Waals surface area contributed by atoms with Gasteiger partial charge in [-0.3, -0.25) is 9.59 Å². The molecule has 1 saturated heterocycles. The van der Waals surface area contributed by atoms with Crippen LogP contribution in [0, 0.1) is 3.57 Å². The Balaban J connectivity index is 1.56. The van der Waals surface area contributed by atoms with E-state index in [9.17, 15) is 9.59 Å². The molecule has 138 valence electrons. The normalized spacial score (nSPS) is 17.1. The Morgan fingerprint density at radius 3 is 2.89 bits per heavy atom. The van der Waals surface area contributed by atoms with Gasteiger partial charge >= 0.3 is 0 Å². The fourth-order valence-electron chi connectivity index (χ4n) is 2.89. The molecule has 1 fully saturated rings. The van der Waals surface area contributed by atoms with Crippen LogP contribution in [0.5, 0.6) is 5.75 Å². The molecule has 1 unspecified atom stereocenters. The number of hydrogen-bond donors (Lipinski definition) is 0. The molecular weight excluding hydrogens is 495 g/mol. The van der Waals surface area contributed by atoms with Crippen molar-refractivity contribution in [2.24, 2.45) is 0 Å². The van der Waals surface area contributed by atoms with Crippen molar-refractivity contribution in [1.29, 1.82) is 0 Å². The Labute approximate surface area is 178 Å². The summed E-state index contributed by atoms with van der Waals surface area (Å²) in [6, 6.07) is 13.2. The number of amides is 2. The zero-order chi connectivity index (χ0) is 19.0. The number of hydrogen-bond acceptors (Lipinski definition) is 6. The number of halogens is 1. The van der Waals surface area contributed by atoms with Crippen LogP contribution in [-0.2, 0) is 9.59 Å². The zero-order valence-corrected chi connectivity index (χ0v) is 18.1. The predicted octanol–water partition coefficient (Wildman–Crippen LogP) is 4.72. The molecule has 0 bridgehead atoms. The van der Waals surface area contributed by atoms with E-state index in [1.54, 1.807) is 6.07 Å². The number of nitrogens with zero attached hydrogens (tertiary/aromatic N) is 2. The molecule has 5 nitrogen and oxygen atoms in total. The molecule has 2 amide bonds. The lowest BCUT2D eigenvalue weighted by Gasteiger charge is -2.16. The van der Waals surface area contributed by atoms with Gasteiger partial charge in [0.1, 0.15) is 11.0 Å². The molecule has 2 aromatic carbocycles. The molecule has 1 aromatic heterocycles. The summed E-state index contributed by atoms with van der Waals surface area (Å²) < 4.78 is 8.20. The van der Waals surface area contributed by atoms with Crippen LogP contribution in [-0.4, -0.2) is 28.7 Å². The number of carbonyl (C=O) groups is 2. The third-order valence-electron chi connectivity index (χ3n) is 4.09. The molecule has 1 atom stereocenters. The minimum Gasteiger partial charge on any atom is -0.494 e. The number of aromatic nitrogens is 1. The number of anilines is 1. The summed E-state index contributed by atoms with van der Waals surface area (Å²) in [6.45, 7) is 2.55. The molecule has 2 heterocycles. The molecule has 1 aliphatic heterocycles. The Hall–Kier alpha value is -1.65. The quantitative estimate of drug-likeness (QED) is 0.367. The number of thiazole rings is 1. The van der Waals surface area contributed by atoms with Crippen LogP contribution < -0.4 is 9.64 Å². The summed E-state index contributed by atoms with van der Waals surface area (Å²) in [5, 5.41) is -0.444. The topological polar surface area (TPSA) is 59.5 Å². The average Bonchev–Trinajstić information content (AvgIpc) is 3.16. The number of thioether (sulfide) groups is 1. The Morgan fingerprint density at radius 2 is 2.11 bits per heavy atom. The maximum absolute atomic E-state index is 12.9. The second-order valence-electron chi connectivity index (χ2n) is 5.87. The van der Waals surface area contributed by atoms with Crippen molar-refractivity contribution < 1.29 is 14.3 Å². The van der Waals surface area contributed by atoms with E-state index in [0.29, 0.717) is 12.3 Å². The first kappa shape index (κ1) is 18.7. The lowest BCUT2D eigenvalue weighted by molar-refractivity contribution is -0.121. The van der Waals surface area contributed by atoms with Crippen molar-refractivity contribution >= 4 is 73.4 Å². The Morgan fingerprint density at radius 1 is 1.30 bits per heavy atom. The van der Waals surface area contributed by atoms with Gasteiger partial charge in [0.15, 0.2) is 4.34 Å². The van der Waals surface area contributed by atoms with Crippen molar-refractivity contribution in [2.75, 3.05) is 11.5 Å². The largest absolute Gasteiger partial charge is 0.494 e. The smallest absolute Gasteiger partial charge is 0.247 e. The fraction of sp³-hybridized carbons (Fsp3) is 0.211. The van der Waals surface area contributed by atoms with Gasteiger partial charge in [0.25, 0.3) is 0 Å². The van der Waals surface area contributed by atoms with E-state index >= 15 is 0 Å². The van der Waals surface area contributed by atoms with E-state index in [0.717, 1.165) is 23.9 Å². The molecule has 27 heavy (non-hydrogen) atoms. The minimum absolute atomic E-state index is 0.165. The van der Waals surface area contributed by atoms with Crippen molar-refractivity contribution in [1.82, 2.24) is 4.98 Å². The van der Waals surface area contributed by atoms with Gasteiger partial charge in [-0.2, -0.15) is 0 Å². The summed E-state index contributed by atoms with van der Waals surface area (Å²) in [6.07, 6.45) is 0.189. The summed E-state index contributed by atoms with van der Waals surface area (Å²) in [7, 11) is 0. The van der Waals surface area contributed by atoms with E-state index in [4.69, 9.17) is 4.74 Å². The molecule has 4 rings (SSSR count). The highest BCUT2D eigenvalue weighted by atomic mass is 127. The van der Waals surface area contributed by atoms with Gasteiger partial charge in [0.2, 0.25) is 11.8 Å². The maximum Gasteiger partial charge on any atom is 0.247 e. The van der Waals surface area contributed by atoms with E-state index in [1.165, 1.54) is 28.0 Å². The van der Waals surface area contributed by atoms with Crippen molar-refractivity contribution in [3.8, 4) is 5.75 Å². The zero-order valence-electron chi connectivity index (χ0n) is 14.3. The lowest BCUT2D eigenvalue weighted by atomic mass is 10.3.